The molecule has 0 bridgehead atoms. The Bertz CT molecular complexity index is 1040. The van der Waals surface area contributed by atoms with Crippen LogP contribution in [0.3, 0.4) is 0 Å². The van der Waals surface area contributed by atoms with Gasteiger partial charge in [0.2, 0.25) is 5.82 Å². The molecule has 0 saturated carbocycles. The van der Waals surface area contributed by atoms with Crippen LogP contribution in [-0.4, -0.2) is 31.0 Å². The minimum atomic E-state index is -0.527. The Hall–Kier alpha value is -3.88. The lowest BCUT2D eigenvalue weighted by atomic mass is 10.3. The highest BCUT2D eigenvalue weighted by Gasteiger charge is 2.18. The number of carbonyl (C=O) groups excluding carboxylic acids is 1. The number of nitrogens with zero attached hydrogens (tertiary/aromatic N) is 5. The lowest BCUT2D eigenvalue weighted by molar-refractivity contribution is 0.0981. The normalized spacial score (nSPS) is 10.7. The summed E-state index contributed by atoms with van der Waals surface area (Å²) in [6, 6.07) is 14.7. The van der Waals surface area contributed by atoms with Crippen molar-refractivity contribution in [3.8, 4) is 17.2 Å². The first kappa shape index (κ1) is 15.6. The maximum Gasteiger partial charge on any atom is 0.316 e. The van der Waals surface area contributed by atoms with E-state index >= 15 is 0 Å². The van der Waals surface area contributed by atoms with E-state index in [0.29, 0.717) is 17.1 Å². The van der Waals surface area contributed by atoms with Crippen LogP contribution in [0.25, 0.3) is 17.2 Å². The molecule has 1 amide bonds. The molecule has 4 aromatic rings. The highest BCUT2D eigenvalue weighted by molar-refractivity contribution is 6.01. The van der Waals surface area contributed by atoms with Crippen LogP contribution in [0.5, 0.6) is 0 Å². The number of hydrogen-bond donors (Lipinski definition) is 1. The summed E-state index contributed by atoms with van der Waals surface area (Å²) in [4.78, 5) is 16.2. The second-order valence-electron chi connectivity index (χ2n) is 5.27. The molecule has 0 aliphatic rings. The molecule has 2 aromatic heterocycles. The summed E-state index contributed by atoms with van der Waals surface area (Å²) in [7, 11) is 0. The molecule has 128 valence electrons. The maximum absolute atomic E-state index is 13.0. The van der Waals surface area contributed by atoms with Crippen molar-refractivity contribution in [1.29, 1.82) is 0 Å². The lowest BCUT2D eigenvalue weighted by Crippen LogP contribution is -2.12. The van der Waals surface area contributed by atoms with Crippen molar-refractivity contribution in [3.05, 3.63) is 72.5 Å². The lowest BCUT2D eigenvalue weighted by Gasteiger charge is -1.99. The van der Waals surface area contributed by atoms with Gasteiger partial charge in [-0.3, -0.25) is 4.79 Å². The third-order valence-corrected chi connectivity index (χ3v) is 3.47. The zero-order chi connectivity index (χ0) is 17.9. The summed E-state index contributed by atoms with van der Waals surface area (Å²) in [6.45, 7) is 0. The third kappa shape index (κ3) is 3.18. The van der Waals surface area contributed by atoms with Gasteiger partial charge in [0.05, 0.1) is 11.9 Å². The van der Waals surface area contributed by atoms with Crippen molar-refractivity contribution in [1.82, 2.24) is 25.1 Å². The van der Waals surface area contributed by atoms with Crippen LogP contribution in [0.1, 0.15) is 10.7 Å². The van der Waals surface area contributed by atoms with E-state index < -0.39 is 5.91 Å². The Labute approximate surface area is 146 Å². The van der Waals surface area contributed by atoms with E-state index in [1.54, 1.807) is 42.6 Å². The van der Waals surface area contributed by atoms with Crippen molar-refractivity contribution in [2.75, 3.05) is 5.32 Å². The summed E-state index contributed by atoms with van der Waals surface area (Å²) in [5.41, 5.74) is 1.55. The van der Waals surface area contributed by atoms with Gasteiger partial charge in [0.25, 0.3) is 0 Å². The van der Waals surface area contributed by atoms with Gasteiger partial charge in [-0.1, -0.05) is 28.6 Å². The molecule has 1 N–H and O–H groups in total. The second-order valence-corrected chi connectivity index (χ2v) is 5.27. The number of amides is 1. The summed E-state index contributed by atoms with van der Waals surface area (Å²) < 4.78 is 19.4. The summed E-state index contributed by atoms with van der Waals surface area (Å²) in [6.07, 6.45) is 1.55. The first-order chi connectivity index (χ1) is 12.7. The number of halogens is 1. The Morgan fingerprint density at radius 2 is 1.85 bits per heavy atom. The van der Waals surface area contributed by atoms with Crippen molar-refractivity contribution >= 4 is 11.6 Å². The number of aromatic nitrogens is 5. The highest BCUT2D eigenvalue weighted by Crippen LogP contribution is 2.16. The van der Waals surface area contributed by atoms with Crippen LogP contribution >= 0.6 is 0 Å². The number of benzene rings is 2. The fourth-order valence-corrected chi connectivity index (χ4v) is 2.21. The van der Waals surface area contributed by atoms with Gasteiger partial charge in [-0.05, 0) is 36.4 Å². The molecule has 4 rings (SSSR count). The average molecular weight is 350 g/mol. The van der Waals surface area contributed by atoms with Crippen LogP contribution in [0.4, 0.5) is 10.1 Å². The highest BCUT2D eigenvalue weighted by atomic mass is 19.1. The average Bonchev–Trinajstić information content (AvgIpc) is 3.33. The fraction of sp³-hybridized carbons (Fsp3) is 0. The number of para-hydroxylation sites is 1. The number of nitrogens with one attached hydrogen (secondary N) is 1. The fourth-order valence-electron chi connectivity index (χ4n) is 2.21. The molecule has 0 aliphatic heterocycles. The van der Waals surface area contributed by atoms with Crippen molar-refractivity contribution in [3.63, 3.8) is 0 Å². The third-order valence-electron chi connectivity index (χ3n) is 3.47. The smallest absolute Gasteiger partial charge is 0.316 e. The topological polar surface area (TPSA) is 98.7 Å². The van der Waals surface area contributed by atoms with Crippen molar-refractivity contribution in [2.24, 2.45) is 0 Å². The Morgan fingerprint density at radius 3 is 2.62 bits per heavy atom. The van der Waals surface area contributed by atoms with Gasteiger partial charge in [0.15, 0.2) is 5.69 Å². The second kappa shape index (κ2) is 6.55. The van der Waals surface area contributed by atoms with Crippen LogP contribution in [0.2, 0.25) is 0 Å². The molecule has 9 heteroatoms. The Balaban J connectivity index is 1.53. The van der Waals surface area contributed by atoms with Gasteiger partial charge < -0.3 is 9.84 Å². The zero-order valence-corrected chi connectivity index (χ0v) is 13.2. The first-order valence-electron chi connectivity index (χ1n) is 7.58. The minimum Gasteiger partial charge on any atom is -0.328 e. The van der Waals surface area contributed by atoms with E-state index in [9.17, 15) is 9.18 Å². The first-order valence-corrected chi connectivity index (χ1v) is 7.58. The van der Waals surface area contributed by atoms with E-state index in [-0.39, 0.29) is 17.5 Å². The number of carbonyl (C=O) groups is 1. The molecule has 8 nitrogen and oxygen atoms in total. The Morgan fingerprint density at radius 1 is 1.08 bits per heavy atom. The van der Waals surface area contributed by atoms with E-state index in [0.717, 1.165) is 0 Å². The van der Waals surface area contributed by atoms with Gasteiger partial charge in [-0.2, -0.15) is 4.98 Å². The van der Waals surface area contributed by atoms with Gasteiger partial charge >= 0.3 is 11.8 Å². The van der Waals surface area contributed by atoms with Gasteiger partial charge in [-0.15, -0.1) is 5.10 Å². The van der Waals surface area contributed by atoms with Crippen LogP contribution in [0.15, 0.2) is 65.3 Å². The maximum atomic E-state index is 13.0. The van der Waals surface area contributed by atoms with E-state index in [1.807, 2.05) is 6.07 Å². The summed E-state index contributed by atoms with van der Waals surface area (Å²) in [5, 5.41) is 14.3. The quantitative estimate of drug-likeness (QED) is 0.607. The van der Waals surface area contributed by atoms with Crippen LogP contribution in [0, 0.1) is 5.82 Å². The molecule has 0 unspecified atom stereocenters. The summed E-state index contributed by atoms with van der Waals surface area (Å²) in [5.74, 6) is -0.945. The largest absolute Gasteiger partial charge is 0.328 e. The molecule has 0 spiro atoms. The molecule has 0 aliphatic carbocycles. The molecule has 2 aromatic carbocycles. The van der Waals surface area contributed by atoms with Crippen molar-refractivity contribution in [2.45, 2.75) is 0 Å². The zero-order valence-electron chi connectivity index (χ0n) is 13.2. The standard InChI is InChI=1S/C17H11FN6O2/c18-11-6-8-13(9-7-11)24-10-14(21-23-24)15-20-17(26-22-15)16(25)19-12-4-2-1-3-5-12/h1-10H,(H,19,25). The van der Waals surface area contributed by atoms with Crippen LogP contribution < -0.4 is 5.32 Å². The molecule has 0 radical (unpaired) electrons. The van der Waals surface area contributed by atoms with Crippen LogP contribution in [-0.2, 0) is 0 Å². The van der Waals surface area contributed by atoms with E-state index in [2.05, 4.69) is 25.8 Å². The predicted octanol–water partition coefficient (Wildman–Crippen LogP) is 2.71. The number of anilines is 1. The van der Waals surface area contributed by atoms with Gasteiger partial charge in [0, 0.05) is 5.69 Å². The molecule has 0 atom stereocenters. The SMILES string of the molecule is O=C(Nc1ccccc1)c1nc(-c2cn(-c3ccc(F)cc3)nn2)no1. The number of hydrogen-bond acceptors (Lipinski definition) is 6. The van der Waals surface area contributed by atoms with Gasteiger partial charge in [0.1, 0.15) is 5.82 Å². The Kier molecular flexibility index (Phi) is 3.94. The molecule has 2 heterocycles. The molecule has 0 saturated heterocycles. The molecular formula is C17H11FN6O2. The predicted molar refractivity (Wildman–Crippen MR) is 89.0 cm³/mol. The van der Waals surface area contributed by atoms with E-state index in [1.165, 1.54) is 16.8 Å². The number of rotatable bonds is 4. The van der Waals surface area contributed by atoms with Crippen molar-refractivity contribution < 1.29 is 13.7 Å². The monoisotopic (exact) mass is 350 g/mol. The van der Waals surface area contributed by atoms with Gasteiger partial charge in [-0.25, -0.2) is 9.07 Å². The van der Waals surface area contributed by atoms with E-state index in [4.69, 9.17) is 4.52 Å². The molecular weight excluding hydrogens is 339 g/mol. The molecule has 26 heavy (non-hydrogen) atoms. The summed E-state index contributed by atoms with van der Waals surface area (Å²) >= 11 is 0. The molecule has 0 fully saturated rings. The minimum absolute atomic E-state index is 0.122.